The van der Waals surface area contributed by atoms with Crippen molar-refractivity contribution in [1.82, 2.24) is 4.98 Å². The molecule has 1 aliphatic rings. The van der Waals surface area contributed by atoms with Gasteiger partial charge in [-0.1, -0.05) is 6.07 Å². The number of esters is 1. The Labute approximate surface area is 120 Å². The molecule has 21 heavy (non-hydrogen) atoms. The van der Waals surface area contributed by atoms with Crippen LogP contribution in [-0.4, -0.2) is 16.7 Å². The summed E-state index contributed by atoms with van der Waals surface area (Å²) in [4.78, 5) is 27.3. The van der Waals surface area contributed by atoms with E-state index in [1.54, 1.807) is 36.5 Å². The average Bonchev–Trinajstić information content (AvgIpc) is 2.75. The van der Waals surface area contributed by atoms with Gasteiger partial charge in [0.2, 0.25) is 5.78 Å². The summed E-state index contributed by atoms with van der Waals surface area (Å²) in [5.41, 5.74) is 1.07. The van der Waals surface area contributed by atoms with Crippen LogP contribution in [-0.2, 0) is 4.79 Å². The Morgan fingerprint density at radius 3 is 2.86 bits per heavy atom. The van der Waals surface area contributed by atoms with Crippen LogP contribution in [0.4, 0.5) is 0 Å². The van der Waals surface area contributed by atoms with Crippen LogP contribution >= 0.6 is 0 Å². The second kappa shape index (κ2) is 5.20. The second-order valence-corrected chi connectivity index (χ2v) is 4.45. The quantitative estimate of drug-likeness (QED) is 0.481. The number of hydrogen-bond acceptors (Lipinski definition) is 5. The van der Waals surface area contributed by atoms with Gasteiger partial charge in [-0.2, -0.15) is 0 Å². The van der Waals surface area contributed by atoms with E-state index in [1.807, 2.05) is 6.07 Å². The van der Waals surface area contributed by atoms with Crippen molar-refractivity contribution in [3.05, 3.63) is 59.6 Å². The first-order valence-electron chi connectivity index (χ1n) is 6.31. The van der Waals surface area contributed by atoms with Crippen molar-refractivity contribution >= 4 is 17.8 Å². The summed E-state index contributed by atoms with van der Waals surface area (Å²) in [5, 5.41) is 0. The van der Waals surface area contributed by atoms with Crippen molar-refractivity contribution in [3.63, 3.8) is 0 Å². The second-order valence-electron chi connectivity index (χ2n) is 4.45. The molecular formula is C16H11NO4. The van der Waals surface area contributed by atoms with Crippen molar-refractivity contribution in [2.45, 2.75) is 6.92 Å². The molecule has 1 aliphatic heterocycles. The van der Waals surface area contributed by atoms with Crippen LogP contribution in [0.3, 0.4) is 0 Å². The van der Waals surface area contributed by atoms with Crippen LogP contribution in [0, 0.1) is 0 Å². The van der Waals surface area contributed by atoms with E-state index in [4.69, 9.17) is 9.47 Å². The molecule has 0 N–H and O–H groups in total. The summed E-state index contributed by atoms with van der Waals surface area (Å²) in [7, 11) is 0. The van der Waals surface area contributed by atoms with Crippen molar-refractivity contribution in [1.29, 1.82) is 0 Å². The van der Waals surface area contributed by atoms with E-state index in [1.165, 1.54) is 13.0 Å². The highest BCUT2D eigenvalue weighted by molar-refractivity contribution is 6.14. The first kappa shape index (κ1) is 13.1. The van der Waals surface area contributed by atoms with E-state index < -0.39 is 5.97 Å². The number of fused-ring (bicyclic) bond motifs is 1. The molecular weight excluding hydrogens is 270 g/mol. The van der Waals surface area contributed by atoms with Gasteiger partial charge in [-0.3, -0.25) is 14.6 Å². The Hall–Kier alpha value is -2.95. The number of aromatic nitrogens is 1. The number of rotatable bonds is 2. The maximum absolute atomic E-state index is 12.2. The molecule has 0 amide bonds. The third-order valence-electron chi connectivity index (χ3n) is 2.87. The SMILES string of the molecule is CC(=O)Oc1ccc2c(c1)O/C(=C\c1ccccn1)C2=O. The molecule has 0 bridgehead atoms. The summed E-state index contributed by atoms with van der Waals surface area (Å²) in [5.74, 6) is 0.270. The lowest BCUT2D eigenvalue weighted by molar-refractivity contribution is -0.131. The van der Waals surface area contributed by atoms with Crippen LogP contribution in [0.5, 0.6) is 11.5 Å². The lowest BCUT2D eigenvalue weighted by atomic mass is 10.1. The number of benzene rings is 1. The molecule has 5 heteroatoms. The van der Waals surface area contributed by atoms with Crippen molar-refractivity contribution in [2.75, 3.05) is 0 Å². The van der Waals surface area contributed by atoms with Gasteiger partial charge in [0.05, 0.1) is 11.3 Å². The lowest BCUT2D eigenvalue weighted by Gasteiger charge is -2.02. The minimum Gasteiger partial charge on any atom is -0.452 e. The van der Waals surface area contributed by atoms with E-state index in [9.17, 15) is 9.59 Å². The van der Waals surface area contributed by atoms with Crippen LogP contribution < -0.4 is 9.47 Å². The average molecular weight is 281 g/mol. The molecule has 3 rings (SSSR count). The zero-order valence-corrected chi connectivity index (χ0v) is 11.2. The normalized spacial score (nSPS) is 14.7. The van der Waals surface area contributed by atoms with Crippen molar-refractivity contribution in [3.8, 4) is 11.5 Å². The molecule has 5 nitrogen and oxygen atoms in total. The fourth-order valence-electron chi connectivity index (χ4n) is 1.99. The highest BCUT2D eigenvalue weighted by Gasteiger charge is 2.27. The minimum atomic E-state index is -0.427. The summed E-state index contributed by atoms with van der Waals surface area (Å²) in [6.45, 7) is 1.31. The van der Waals surface area contributed by atoms with Crippen LogP contribution in [0.25, 0.3) is 6.08 Å². The topological polar surface area (TPSA) is 65.5 Å². The molecule has 0 spiro atoms. The third-order valence-corrected chi connectivity index (χ3v) is 2.87. The van der Waals surface area contributed by atoms with Crippen LogP contribution in [0.2, 0.25) is 0 Å². The molecule has 0 saturated heterocycles. The maximum Gasteiger partial charge on any atom is 0.308 e. The van der Waals surface area contributed by atoms with Gasteiger partial charge < -0.3 is 9.47 Å². The molecule has 0 radical (unpaired) electrons. The van der Waals surface area contributed by atoms with Gasteiger partial charge in [0, 0.05) is 25.3 Å². The zero-order valence-electron chi connectivity index (χ0n) is 11.2. The highest BCUT2D eigenvalue weighted by atomic mass is 16.5. The smallest absolute Gasteiger partial charge is 0.308 e. The van der Waals surface area contributed by atoms with E-state index in [0.29, 0.717) is 22.8 Å². The molecule has 0 atom stereocenters. The molecule has 0 aliphatic carbocycles. The molecule has 2 aromatic rings. The molecule has 0 saturated carbocycles. The van der Waals surface area contributed by atoms with E-state index in [2.05, 4.69) is 4.98 Å². The van der Waals surface area contributed by atoms with E-state index in [0.717, 1.165) is 0 Å². The Bertz CT molecular complexity index is 750. The number of carbonyl (C=O) groups excluding carboxylic acids is 2. The van der Waals surface area contributed by atoms with Crippen LogP contribution in [0.15, 0.2) is 48.4 Å². The molecule has 104 valence electrons. The van der Waals surface area contributed by atoms with Crippen LogP contribution in [0.1, 0.15) is 23.0 Å². The number of Topliss-reactive ketones (excluding diaryl/α,β-unsaturated/α-hetero) is 1. The van der Waals surface area contributed by atoms with Gasteiger partial charge in [-0.25, -0.2) is 0 Å². The zero-order chi connectivity index (χ0) is 14.8. The fraction of sp³-hybridized carbons (Fsp3) is 0.0625. The lowest BCUT2D eigenvalue weighted by Crippen LogP contribution is -2.01. The fourth-order valence-corrected chi connectivity index (χ4v) is 1.99. The molecule has 2 heterocycles. The summed E-state index contributed by atoms with van der Waals surface area (Å²) >= 11 is 0. The van der Waals surface area contributed by atoms with Crippen molar-refractivity contribution < 1.29 is 19.1 Å². The number of nitrogens with zero attached hydrogens (tertiary/aromatic N) is 1. The monoisotopic (exact) mass is 281 g/mol. The molecule has 1 aromatic heterocycles. The third kappa shape index (κ3) is 2.67. The first-order valence-corrected chi connectivity index (χ1v) is 6.31. The number of pyridine rings is 1. The standard InChI is InChI=1S/C16H11NO4/c1-10(18)20-12-5-6-13-14(9-12)21-15(16(13)19)8-11-4-2-3-7-17-11/h2-9H,1H3/b15-8-. The molecule has 0 unspecified atom stereocenters. The Balaban J connectivity index is 1.91. The Morgan fingerprint density at radius 2 is 2.14 bits per heavy atom. The summed E-state index contributed by atoms with van der Waals surface area (Å²) in [6.07, 6.45) is 3.21. The summed E-state index contributed by atoms with van der Waals surface area (Å²) in [6, 6.07) is 10.1. The predicted molar refractivity (Wildman–Crippen MR) is 74.9 cm³/mol. The first-order chi connectivity index (χ1) is 10.1. The highest BCUT2D eigenvalue weighted by Crippen LogP contribution is 2.34. The maximum atomic E-state index is 12.2. The summed E-state index contributed by atoms with van der Waals surface area (Å²) < 4.78 is 10.5. The van der Waals surface area contributed by atoms with Gasteiger partial charge in [0.1, 0.15) is 11.5 Å². The van der Waals surface area contributed by atoms with Gasteiger partial charge in [0.15, 0.2) is 5.76 Å². The number of ketones is 1. The van der Waals surface area contributed by atoms with Gasteiger partial charge in [-0.05, 0) is 24.3 Å². The molecule has 1 aromatic carbocycles. The van der Waals surface area contributed by atoms with E-state index >= 15 is 0 Å². The van der Waals surface area contributed by atoms with Gasteiger partial charge in [0.25, 0.3) is 0 Å². The van der Waals surface area contributed by atoms with Gasteiger partial charge in [-0.15, -0.1) is 0 Å². The number of allylic oxidation sites excluding steroid dienone is 1. The van der Waals surface area contributed by atoms with Crippen molar-refractivity contribution in [2.24, 2.45) is 0 Å². The number of carbonyl (C=O) groups is 2. The Kier molecular flexibility index (Phi) is 3.23. The Morgan fingerprint density at radius 1 is 1.29 bits per heavy atom. The number of ether oxygens (including phenoxy) is 2. The number of hydrogen-bond donors (Lipinski definition) is 0. The predicted octanol–water partition coefficient (Wildman–Crippen LogP) is 2.62. The van der Waals surface area contributed by atoms with Gasteiger partial charge >= 0.3 is 5.97 Å². The molecule has 0 fully saturated rings. The van der Waals surface area contributed by atoms with E-state index in [-0.39, 0.29) is 11.5 Å². The largest absolute Gasteiger partial charge is 0.452 e. The minimum absolute atomic E-state index is 0.198.